The molecule has 0 radical (unpaired) electrons. The van der Waals surface area contributed by atoms with Gasteiger partial charge in [0.15, 0.2) is 0 Å². The van der Waals surface area contributed by atoms with Crippen molar-refractivity contribution in [2.45, 2.75) is 17.5 Å². The first kappa shape index (κ1) is 12.4. The van der Waals surface area contributed by atoms with Gasteiger partial charge in [-0.2, -0.15) is 0 Å². The van der Waals surface area contributed by atoms with Gasteiger partial charge in [0.1, 0.15) is 11.1 Å². The molecule has 1 atom stereocenters. The van der Waals surface area contributed by atoms with Crippen molar-refractivity contribution in [2.24, 2.45) is 5.73 Å². The summed E-state index contributed by atoms with van der Waals surface area (Å²) in [6.45, 7) is 0. The Labute approximate surface area is 96.1 Å². The zero-order chi connectivity index (χ0) is 11.1. The number of hydrogen-bond acceptors (Lipinski definition) is 5. The molecule has 1 heterocycles. The first-order chi connectivity index (χ1) is 7.20. The first-order valence-corrected chi connectivity index (χ1v) is 6.71. The number of nitrogens with zero attached hydrogens (tertiary/aromatic N) is 1. The van der Waals surface area contributed by atoms with Gasteiger partial charge in [0, 0.05) is 11.9 Å². The van der Waals surface area contributed by atoms with Gasteiger partial charge in [0.05, 0.1) is 0 Å². The Kier molecular flexibility index (Phi) is 5.52. The fourth-order valence-electron chi connectivity index (χ4n) is 0.797. The lowest BCUT2D eigenvalue weighted by Crippen LogP contribution is -2.30. The van der Waals surface area contributed by atoms with Gasteiger partial charge >= 0.3 is 5.97 Å². The number of pyridine rings is 1. The second-order valence-corrected chi connectivity index (χ2v) is 5.24. The topological polar surface area (TPSA) is 76.2 Å². The lowest BCUT2D eigenvalue weighted by atomic mass is 10.2. The van der Waals surface area contributed by atoms with Crippen LogP contribution in [0.5, 0.6) is 0 Å². The maximum Gasteiger partial charge on any atom is 0.320 e. The highest BCUT2D eigenvalue weighted by Crippen LogP contribution is 2.29. The van der Waals surface area contributed by atoms with E-state index in [1.807, 2.05) is 18.2 Å². The molecule has 15 heavy (non-hydrogen) atoms. The van der Waals surface area contributed by atoms with Crippen LogP contribution >= 0.6 is 21.6 Å². The highest BCUT2D eigenvalue weighted by atomic mass is 33.1. The summed E-state index contributed by atoms with van der Waals surface area (Å²) in [5.41, 5.74) is 5.36. The third kappa shape index (κ3) is 5.06. The van der Waals surface area contributed by atoms with Gasteiger partial charge in [0.2, 0.25) is 0 Å². The van der Waals surface area contributed by atoms with Gasteiger partial charge in [-0.3, -0.25) is 4.79 Å². The molecule has 1 aromatic heterocycles. The Balaban J connectivity index is 2.15. The molecule has 0 aliphatic carbocycles. The quantitative estimate of drug-likeness (QED) is 0.585. The van der Waals surface area contributed by atoms with Crippen LogP contribution < -0.4 is 5.73 Å². The molecule has 0 aromatic carbocycles. The first-order valence-electron chi connectivity index (χ1n) is 4.39. The number of hydrogen-bond donors (Lipinski definition) is 2. The minimum atomic E-state index is -0.946. The molecule has 1 rings (SSSR count). The van der Waals surface area contributed by atoms with Crippen molar-refractivity contribution in [3.05, 3.63) is 24.4 Å². The van der Waals surface area contributed by atoms with E-state index in [1.165, 1.54) is 10.8 Å². The van der Waals surface area contributed by atoms with Crippen LogP contribution in [-0.4, -0.2) is 27.9 Å². The number of nitrogens with two attached hydrogens (primary N) is 1. The molecule has 0 spiro atoms. The van der Waals surface area contributed by atoms with E-state index >= 15 is 0 Å². The molecule has 0 unspecified atom stereocenters. The molecule has 3 N–H and O–H groups in total. The SMILES string of the molecule is N[C@H](CCSSc1ccccn1)C(=O)O. The third-order valence-corrected chi connectivity index (χ3v) is 3.91. The smallest absolute Gasteiger partial charge is 0.320 e. The van der Waals surface area contributed by atoms with Gasteiger partial charge in [0.25, 0.3) is 0 Å². The van der Waals surface area contributed by atoms with E-state index in [2.05, 4.69) is 4.98 Å². The van der Waals surface area contributed by atoms with Gasteiger partial charge < -0.3 is 10.8 Å². The molecule has 0 saturated carbocycles. The predicted octanol–water partition coefficient (Wildman–Crippen LogP) is 1.62. The Morgan fingerprint density at radius 2 is 2.40 bits per heavy atom. The van der Waals surface area contributed by atoms with Gasteiger partial charge in [-0.05, 0) is 29.3 Å². The molecule has 0 bridgehead atoms. The summed E-state index contributed by atoms with van der Waals surface area (Å²) in [4.78, 5) is 14.5. The lowest BCUT2D eigenvalue weighted by molar-refractivity contribution is -0.138. The summed E-state index contributed by atoms with van der Waals surface area (Å²) in [6.07, 6.45) is 2.20. The van der Waals surface area contributed by atoms with Crippen LogP contribution in [0.15, 0.2) is 29.4 Å². The average molecular weight is 244 g/mol. The van der Waals surface area contributed by atoms with Crippen molar-refractivity contribution in [3.8, 4) is 0 Å². The molecular weight excluding hydrogens is 232 g/mol. The van der Waals surface area contributed by atoms with E-state index in [9.17, 15) is 4.79 Å². The molecule has 0 fully saturated rings. The highest BCUT2D eigenvalue weighted by molar-refractivity contribution is 8.76. The van der Waals surface area contributed by atoms with Gasteiger partial charge in [-0.1, -0.05) is 16.9 Å². The third-order valence-electron chi connectivity index (χ3n) is 1.61. The summed E-state index contributed by atoms with van der Waals surface area (Å²) >= 11 is 0. The maximum atomic E-state index is 10.4. The summed E-state index contributed by atoms with van der Waals surface area (Å²) in [6, 6.07) is 4.92. The fraction of sp³-hybridized carbons (Fsp3) is 0.333. The summed E-state index contributed by atoms with van der Waals surface area (Å²) in [5, 5.41) is 9.47. The number of aliphatic carboxylic acids is 1. The van der Waals surface area contributed by atoms with Crippen molar-refractivity contribution in [2.75, 3.05) is 5.75 Å². The van der Waals surface area contributed by atoms with Crippen LogP contribution in [0, 0.1) is 0 Å². The normalized spacial score (nSPS) is 12.3. The van der Waals surface area contributed by atoms with E-state index in [-0.39, 0.29) is 0 Å². The number of carbonyl (C=O) groups is 1. The maximum absolute atomic E-state index is 10.4. The minimum Gasteiger partial charge on any atom is -0.480 e. The molecule has 0 amide bonds. The second-order valence-electron chi connectivity index (χ2n) is 2.81. The monoisotopic (exact) mass is 244 g/mol. The average Bonchev–Trinajstić information content (AvgIpc) is 2.25. The Morgan fingerprint density at radius 1 is 1.60 bits per heavy atom. The minimum absolute atomic E-state index is 0.472. The largest absolute Gasteiger partial charge is 0.480 e. The molecular formula is C9H12N2O2S2. The van der Waals surface area contributed by atoms with Crippen molar-refractivity contribution < 1.29 is 9.90 Å². The molecule has 0 saturated heterocycles. The Morgan fingerprint density at radius 3 is 3.00 bits per heavy atom. The molecule has 0 aliphatic rings. The van der Waals surface area contributed by atoms with E-state index in [1.54, 1.807) is 17.0 Å². The number of rotatable bonds is 6. The van der Waals surface area contributed by atoms with E-state index in [0.29, 0.717) is 12.2 Å². The highest BCUT2D eigenvalue weighted by Gasteiger charge is 2.10. The fourth-order valence-corrected chi connectivity index (χ4v) is 2.79. The number of carboxylic acids is 1. The standard InChI is InChI=1S/C9H12N2O2S2/c10-7(9(12)13)4-6-14-15-8-3-1-2-5-11-8/h1-3,5,7H,4,6,10H2,(H,12,13)/t7-/m1/s1. The van der Waals surface area contributed by atoms with Crippen LogP contribution in [0.1, 0.15) is 6.42 Å². The van der Waals surface area contributed by atoms with Crippen LogP contribution in [0.2, 0.25) is 0 Å². The van der Waals surface area contributed by atoms with E-state index in [4.69, 9.17) is 10.8 Å². The summed E-state index contributed by atoms with van der Waals surface area (Å²) in [5.74, 6) is -0.243. The van der Waals surface area contributed by atoms with E-state index in [0.717, 1.165) is 5.03 Å². The molecule has 1 aromatic rings. The van der Waals surface area contributed by atoms with Gasteiger partial charge in [-0.15, -0.1) is 0 Å². The van der Waals surface area contributed by atoms with Crippen molar-refractivity contribution in [1.29, 1.82) is 0 Å². The van der Waals surface area contributed by atoms with Gasteiger partial charge in [-0.25, -0.2) is 4.98 Å². The lowest BCUT2D eigenvalue weighted by Gasteiger charge is -2.04. The van der Waals surface area contributed by atoms with Crippen molar-refractivity contribution in [3.63, 3.8) is 0 Å². The number of carboxylic acid groups (broad SMARTS) is 1. The Hall–Kier alpha value is -0.720. The molecule has 6 heteroatoms. The Bertz CT molecular complexity index is 308. The summed E-state index contributed by atoms with van der Waals surface area (Å²) < 4.78 is 0. The summed E-state index contributed by atoms with van der Waals surface area (Å²) in [7, 11) is 3.09. The zero-order valence-corrected chi connectivity index (χ0v) is 9.63. The van der Waals surface area contributed by atoms with Crippen LogP contribution in [0.25, 0.3) is 0 Å². The zero-order valence-electron chi connectivity index (χ0n) is 8.00. The molecule has 82 valence electrons. The van der Waals surface area contributed by atoms with Crippen LogP contribution in [-0.2, 0) is 4.79 Å². The van der Waals surface area contributed by atoms with Crippen molar-refractivity contribution >= 4 is 27.6 Å². The molecule has 4 nitrogen and oxygen atoms in total. The second kappa shape index (κ2) is 6.71. The van der Waals surface area contributed by atoms with E-state index < -0.39 is 12.0 Å². The molecule has 0 aliphatic heterocycles. The predicted molar refractivity (Wildman–Crippen MR) is 62.8 cm³/mol. The van der Waals surface area contributed by atoms with Crippen LogP contribution in [0.4, 0.5) is 0 Å². The number of aromatic nitrogens is 1. The van der Waals surface area contributed by atoms with Crippen molar-refractivity contribution in [1.82, 2.24) is 4.98 Å². The van der Waals surface area contributed by atoms with Crippen LogP contribution in [0.3, 0.4) is 0 Å².